The van der Waals surface area contributed by atoms with E-state index in [9.17, 15) is 18.0 Å². The Morgan fingerprint density at radius 3 is 2.58 bits per heavy atom. The third-order valence-corrected chi connectivity index (χ3v) is 5.53. The zero-order valence-electron chi connectivity index (χ0n) is 16.9. The van der Waals surface area contributed by atoms with E-state index in [0.29, 0.717) is 35.3 Å². The Balaban J connectivity index is 1.82. The molecule has 0 N–H and O–H groups in total. The van der Waals surface area contributed by atoms with Crippen LogP contribution in [0.4, 0.5) is 13.2 Å². The molecule has 0 bridgehead atoms. The van der Waals surface area contributed by atoms with Gasteiger partial charge in [-0.1, -0.05) is 24.3 Å². The molecule has 4 nitrogen and oxygen atoms in total. The monoisotopic (exact) mass is 494 g/mol. The molecule has 1 heterocycles. The zero-order chi connectivity index (χ0) is 22.4. The van der Waals surface area contributed by atoms with Crippen LogP contribution in [-0.4, -0.2) is 35.6 Å². The largest absolute Gasteiger partial charge is 0.416 e. The molecule has 0 aliphatic heterocycles. The van der Waals surface area contributed by atoms with Gasteiger partial charge in [-0.15, -0.1) is 0 Å². The Morgan fingerprint density at radius 1 is 1.10 bits per heavy atom. The molecule has 0 aliphatic rings. The molecule has 0 unspecified atom stereocenters. The van der Waals surface area contributed by atoms with Crippen LogP contribution >= 0.6 is 15.9 Å². The summed E-state index contributed by atoms with van der Waals surface area (Å²) in [6.07, 6.45) is -2.59. The fourth-order valence-corrected chi connectivity index (χ4v) is 3.70. The van der Waals surface area contributed by atoms with Crippen LogP contribution < -0.4 is 0 Å². The number of carbonyl (C=O) groups excluding carboxylic acids is 1. The lowest BCUT2D eigenvalue weighted by Crippen LogP contribution is -2.34. The van der Waals surface area contributed by atoms with E-state index >= 15 is 0 Å². The van der Waals surface area contributed by atoms with Gasteiger partial charge in [0.25, 0.3) is 5.91 Å². The first-order valence-corrected chi connectivity index (χ1v) is 10.4. The number of benzene rings is 2. The zero-order valence-corrected chi connectivity index (χ0v) is 18.5. The van der Waals surface area contributed by atoms with Crippen molar-refractivity contribution in [2.75, 3.05) is 20.3 Å². The van der Waals surface area contributed by atoms with Crippen molar-refractivity contribution in [3.63, 3.8) is 0 Å². The third kappa shape index (κ3) is 5.98. The molecule has 3 aromatic rings. The van der Waals surface area contributed by atoms with E-state index in [-0.39, 0.29) is 12.5 Å². The smallest absolute Gasteiger partial charge is 0.383 e. The minimum Gasteiger partial charge on any atom is -0.383 e. The highest BCUT2D eigenvalue weighted by molar-refractivity contribution is 9.10. The number of amides is 1. The van der Waals surface area contributed by atoms with Crippen molar-refractivity contribution in [3.05, 3.63) is 93.7 Å². The molecule has 3 rings (SSSR count). The van der Waals surface area contributed by atoms with Crippen LogP contribution in [-0.2, 0) is 24.0 Å². The van der Waals surface area contributed by atoms with Crippen LogP contribution in [0.25, 0.3) is 0 Å². The first-order valence-electron chi connectivity index (χ1n) is 9.62. The maximum Gasteiger partial charge on any atom is 0.416 e. The van der Waals surface area contributed by atoms with Gasteiger partial charge in [-0.05, 0) is 57.9 Å². The average Bonchev–Trinajstić information content (AvgIpc) is 3.17. The van der Waals surface area contributed by atoms with Crippen LogP contribution in [0.3, 0.4) is 0 Å². The second-order valence-corrected chi connectivity index (χ2v) is 7.88. The number of halogens is 4. The van der Waals surface area contributed by atoms with Crippen molar-refractivity contribution in [1.82, 2.24) is 9.47 Å². The highest BCUT2D eigenvalue weighted by Crippen LogP contribution is 2.30. The van der Waals surface area contributed by atoms with Crippen molar-refractivity contribution in [1.29, 1.82) is 0 Å². The van der Waals surface area contributed by atoms with Gasteiger partial charge in [-0.2, -0.15) is 13.2 Å². The van der Waals surface area contributed by atoms with Crippen LogP contribution in [0, 0.1) is 0 Å². The van der Waals surface area contributed by atoms with Crippen LogP contribution in [0.15, 0.2) is 71.3 Å². The number of hydrogen-bond acceptors (Lipinski definition) is 2. The van der Waals surface area contributed by atoms with Crippen LogP contribution in [0.5, 0.6) is 0 Å². The first kappa shape index (κ1) is 23.1. The Hall–Kier alpha value is -2.58. The van der Waals surface area contributed by atoms with Gasteiger partial charge in [0.05, 0.1) is 24.3 Å². The van der Waals surface area contributed by atoms with E-state index in [1.54, 1.807) is 42.5 Å². The molecule has 2 aromatic carbocycles. The van der Waals surface area contributed by atoms with Crippen molar-refractivity contribution in [2.24, 2.45) is 0 Å². The molecule has 0 spiro atoms. The SMILES string of the molecule is COCCN(Cc1cccn1Cc1cccc(C(F)(F)F)c1)C(=O)c1ccccc1Br. The standard InChI is InChI=1S/C23H22BrF3N2O2/c1-31-13-12-29(22(30)20-9-2-3-10-21(20)24)16-19-8-5-11-28(19)15-17-6-4-7-18(14-17)23(25,26)27/h2-11,14H,12-13,15-16H2,1H3. The topological polar surface area (TPSA) is 34.5 Å². The Morgan fingerprint density at radius 2 is 1.87 bits per heavy atom. The summed E-state index contributed by atoms with van der Waals surface area (Å²) in [7, 11) is 1.57. The second kappa shape index (κ2) is 10.2. The lowest BCUT2D eigenvalue weighted by molar-refractivity contribution is -0.137. The Labute approximate surface area is 187 Å². The lowest BCUT2D eigenvalue weighted by atomic mass is 10.1. The molecule has 31 heavy (non-hydrogen) atoms. The van der Waals surface area contributed by atoms with E-state index in [1.807, 2.05) is 22.8 Å². The normalized spacial score (nSPS) is 11.5. The summed E-state index contributed by atoms with van der Waals surface area (Å²) in [5, 5.41) is 0. The van der Waals surface area contributed by atoms with Crippen LogP contribution in [0.1, 0.15) is 27.2 Å². The number of aromatic nitrogens is 1. The van der Waals surface area contributed by atoms with Gasteiger partial charge in [0.1, 0.15) is 0 Å². The van der Waals surface area contributed by atoms with E-state index in [4.69, 9.17) is 4.74 Å². The van der Waals surface area contributed by atoms with Crippen molar-refractivity contribution in [3.8, 4) is 0 Å². The highest BCUT2D eigenvalue weighted by atomic mass is 79.9. The molecule has 0 fully saturated rings. The molecule has 0 aliphatic carbocycles. The summed E-state index contributed by atoms with van der Waals surface area (Å²) in [6.45, 7) is 1.32. The summed E-state index contributed by atoms with van der Waals surface area (Å²) in [5.74, 6) is -0.156. The number of nitrogens with zero attached hydrogens (tertiary/aromatic N) is 2. The van der Waals surface area contributed by atoms with Gasteiger partial charge in [0.15, 0.2) is 0 Å². The minimum atomic E-state index is -4.39. The molecule has 0 atom stereocenters. The summed E-state index contributed by atoms with van der Waals surface area (Å²) in [5.41, 5.74) is 1.21. The van der Waals surface area contributed by atoms with Crippen molar-refractivity contribution in [2.45, 2.75) is 19.3 Å². The number of ether oxygens (including phenoxy) is 1. The van der Waals surface area contributed by atoms with E-state index in [1.165, 1.54) is 6.07 Å². The molecule has 0 saturated carbocycles. The van der Waals surface area contributed by atoms with Gasteiger partial charge in [-0.25, -0.2) is 0 Å². The van der Waals surface area contributed by atoms with Gasteiger partial charge >= 0.3 is 6.18 Å². The average molecular weight is 495 g/mol. The quantitative estimate of drug-likeness (QED) is 0.408. The summed E-state index contributed by atoms with van der Waals surface area (Å²) in [4.78, 5) is 14.8. The molecule has 164 valence electrons. The fourth-order valence-electron chi connectivity index (χ4n) is 3.24. The molecule has 8 heteroatoms. The van der Waals surface area contributed by atoms with Gasteiger partial charge in [-0.3, -0.25) is 4.79 Å². The first-order chi connectivity index (χ1) is 14.8. The van der Waals surface area contributed by atoms with Crippen LogP contribution in [0.2, 0.25) is 0 Å². The van der Waals surface area contributed by atoms with Crippen molar-refractivity contribution < 1.29 is 22.7 Å². The molecule has 1 aromatic heterocycles. The fraction of sp³-hybridized carbons (Fsp3) is 0.261. The second-order valence-electron chi connectivity index (χ2n) is 7.02. The number of rotatable bonds is 8. The summed E-state index contributed by atoms with van der Waals surface area (Å²) >= 11 is 3.42. The molecule has 0 radical (unpaired) electrons. The molecular weight excluding hydrogens is 473 g/mol. The maximum absolute atomic E-state index is 13.1. The lowest BCUT2D eigenvalue weighted by Gasteiger charge is -2.24. The number of hydrogen-bond donors (Lipinski definition) is 0. The van der Waals surface area contributed by atoms with Gasteiger partial charge < -0.3 is 14.2 Å². The Kier molecular flexibility index (Phi) is 7.56. The maximum atomic E-state index is 13.1. The predicted octanol–water partition coefficient (Wildman–Crippen LogP) is 5.61. The summed E-state index contributed by atoms with van der Waals surface area (Å²) in [6, 6.07) is 16.1. The Bertz CT molecular complexity index is 1030. The minimum absolute atomic E-state index is 0.156. The number of methoxy groups -OCH3 is 1. The van der Waals surface area contributed by atoms with Gasteiger partial charge in [0.2, 0.25) is 0 Å². The van der Waals surface area contributed by atoms with E-state index < -0.39 is 11.7 Å². The number of carbonyl (C=O) groups is 1. The van der Waals surface area contributed by atoms with Crippen molar-refractivity contribution >= 4 is 21.8 Å². The molecule has 1 amide bonds. The van der Waals surface area contributed by atoms with E-state index in [0.717, 1.165) is 17.8 Å². The molecular formula is C23H22BrF3N2O2. The van der Waals surface area contributed by atoms with Gasteiger partial charge in [0, 0.05) is 36.6 Å². The predicted molar refractivity (Wildman–Crippen MR) is 116 cm³/mol. The molecule has 0 saturated heterocycles. The van der Waals surface area contributed by atoms with E-state index in [2.05, 4.69) is 15.9 Å². The highest BCUT2D eigenvalue weighted by Gasteiger charge is 2.30. The summed E-state index contributed by atoms with van der Waals surface area (Å²) < 4.78 is 46.8. The number of alkyl halides is 3. The third-order valence-electron chi connectivity index (χ3n) is 4.84.